The maximum atomic E-state index is 10.9. The summed E-state index contributed by atoms with van der Waals surface area (Å²) >= 11 is 0.984. The molecule has 74 valence electrons. The summed E-state index contributed by atoms with van der Waals surface area (Å²) < 4.78 is 21.8. The lowest BCUT2D eigenvalue weighted by Crippen LogP contribution is -2.13. The maximum absolute atomic E-state index is 10.9. The van der Waals surface area contributed by atoms with E-state index in [4.69, 9.17) is 5.14 Å². The van der Waals surface area contributed by atoms with Gasteiger partial charge in [0.2, 0.25) is 10.0 Å². The van der Waals surface area contributed by atoms with Gasteiger partial charge in [-0.05, 0) is 26.0 Å². The second-order valence-electron chi connectivity index (χ2n) is 3.22. The van der Waals surface area contributed by atoms with E-state index in [-0.39, 0.29) is 4.21 Å². The molecule has 0 aliphatic rings. The average molecular weight is 221 g/mol. The first-order chi connectivity index (χ1) is 5.71. The van der Waals surface area contributed by atoms with Crippen molar-refractivity contribution in [3.8, 4) is 0 Å². The van der Waals surface area contributed by atoms with Crippen LogP contribution >= 0.6 is 11.3 Å². The average Bonchev–Trinajstić information content (AvgIpc) is 2.28. The van der Waals surface area contributed by atoms with Crippen molar-refractivity contribution in [1.82, 2.24) is 0 Å². The lowest BCUT2D eigenvalue weighted by Gasteiger charge is -2.13. The number of hydrogen-bond donors (Lipinski definition) is 2. The van der Waals surface area contributed by atoms with Crippen LogP contribution in [0, 0.1) is 0 Å². The quantitative estimate of drug-likeness (QED) is 0.768. The molecule has 0 unspecified atom stereocenters. The summed E-state index contributed by atoms with van der Waals surface area (Å²) in [5, 5.41) is 14.5. The highest BCUT2D eigenvalue weighted by Crippen LogP contribution is 2.29. The van der Waals surface area contributed by atoms with Crippen LogP contribution in [0.25, 0.3) is 0 Å². The molecule has 0 aliphatic carbocycles. The van der Waals surface area contributed by atoms with Crippen molar-refractivity contribution in [2.45, 2.75) is 23.7 Å². The maximum Gasteiger partial charge on any atom is 0.247 e. The Bertz CT molecular complexity index is 400. The zero-order valence-corrected chi connectivity index (χ0v) is 8.95. The van der Waals surface area contributed by atoms with Crippen LogP contribution in [0.4, 0.5) is 0 Å². The van der Waals surface area contributed by atoms with Crippen LogP contribution in [-0.4, -0.2) is 13.5 Å². The second-order valence-corrected chi connectivity index (χ2v) is 6.09. The van der Waals surface area contributed by atoms with E-state index in [0.717, 1.165) is 11.3 Å². The molecule has 0 atom stereocenters. The predicted octanol–water partition coefficient (Wildman–Crippen LogP) is 0.623. The molecule has 1 aromatic rings. The van der Waals surface area contributed by atoms with E-state index >= 15 is 0 Å². The van der Waals surface area contributed by atoms with Crippen LogP contribution in [0.5, 0.6) is 0 Å². The molecule has 4 nitrogen and oxygen atoms in total. The van der Waals surface area contributed by atoms with Crippen molar-refractivity contribution < 1.29 is 13.5 Å². The zero-order chi connectivity index (χ0) is 10.3. The van der Waals surface area contributed by atoms with E-state index in [9.17, 15) is 13.5 Å². The fourth-order valence-electron chi connectivity index (χ4n) is 0.802. The minimum Gasteiger partial charge on any atom is -0.385 e. The van der Waals surface area contributed by atoms with Gasteiger partial charge in [0.15, 0.2) is 0 Å². The third kappa shape index (κ3) is 2.50. The van der Waals surface area contributed by atoms with E-state index in [1.165, 1.54) is 6.07 Å². The molecule has 0 fully saturated rings. The van der Waals surface area contributed by atoms with E-state index < -0.39 is 15.6 Å². The number of rotatable bonds is 2. The highest BCUT2D eigenvalue weighted by Gasteiger charge is 2.21. The van der Waals surface area contributed by atoms with Gasteiger partial charge in [0.05, 0.1) is 5.60 Å². The summed E-state index contributed by atoms with van der Waals surface area (Å²) in [5.74, 6) is 0. The van der Waals surface area contributed by atoms with Crippen molar-refractivity contribution >= 4 is 21.4 Å². The highest BCUT2D eigenvalue weighted by molar-refractivity contribution is 7.91. The van der Waals surface area contributed by atoms with Gasteiger partial charge in [-0.1, -0.05) is 0 Å². The summed E-state index contributed by atoms with van der Waals surface area (Å²) in [7, 11) is -3.63. The van der Waals surface area contributed by atoms with Gasteiger partial charge in [0.25, 0.3) is 0 Å². The summed E-state index contributed by atoms with van der Waals surface area (Å²) in [5.41, 5.74) is -1.02. The van der Waals surface area contributed by atoms with E-state index in [1.807, 2.05) is 0 Å². The van der Waals surface area contributed by atoms with Crippen molar-refractivity contribution in [2.24, 2.45) is 5.14 Å². The van der Waals surface area contributed by atoms with Crippen molar-refractivity contribution in [2.75, 3.05) is 0 Å². The fraction of sp³-hybridized carbons (Fsp3) is 0.429. The molecule has 0 bridgehead atoms. The molecule has 1 aromatic heterocycles. The molecule has 0 radical (unpaired) electrons. The van der Waals surface area contributed by atoms with E-state index in [0.29, 0.717) is 4.88 Å². The number of primary sulfonamides is 1. The minimum absolute atomic E-state index is 0.0737. The second kappa shape index (κ2) is 3.06. The topological polar surface area (TPSA) is 80.4 Å². The zero-order valence-electron chi connectivity index (χ0n) is 7.31. The minimum atomic E-state index is -3.63. The van der Waals surface area contributed by atoms with Gasteiger partial charge < -0.3 is 5.11 Å². The van der Waals surface area contributed by atoms with Gasteiger partial charge in [0.1, 0.15) is 4.21 Å². The van der Waals surface area contributed by atoms with Gasteiger partial charge in [-0.3, -0.25) is 0 Å². The van der Waals surface area contributed by atoms with Crippen LogP contribution in [0.15, 0.2) is 16.3 Å². The van der Waals surface area contributed by atoms with Gasteiger partial charge in [-0.2, -0.15) is 0 Å². The summed E-state index contributed by atoms with van der Waals surface area (Å²) in [6, 6.07) is 2.96. The molecule has 1 heterocycles. The molecule has 0 aromatic carbocycles. The van der Waals surface area contributed by atoms with Crippen molar-refractivity contribution in [3.05, 3.63) is 17.0 Å². The Hall–Kier alpha value is -0.430. The molecule has 0 saturated heterocycles. The van der Waals surface area contributed by atoms with Crippen LogP contribution < -0.4 is 5.14 Å². The number of sulfonamides is 1. The fourth-order valence-corrected chi connectivity index (χ4v) is 2.53. The first-order valence-corrected chi connectivity index (χ1v) is 5.93. The summed E-state index contributed by atoms with van der Waals surface area (Å²) in [4.78, 5) is 0.580. The predicted molar refractivity (Wildman–Crippen MR) is 50.9 cm³/mol. The molecule has 1 rings (SSSR count). The van der Waals surface area contributed by atoms with Crippen LogP contribution in [-0.2, 0) is 15.6 Å². The van der Waals surface area contributed by atoms with Crippen LogP contribution in [0.1, 0.15) is 18.7 Å². The number of thiophene rings is 1. The normalized spacial score (nSPS) is 13.2. The van der Waals surface area contributed by atoms with Crippen molar-refractivity contribution in [1.29, 1.82) is 0 Å². The summed E-state index contributed by atoms with van der Waals surface area (Å²) in [6.45, 7) is 3.18. The van der Waals surface area contributed by atoms with Crippen LogP contribution in [0.3, 0.4) is 0 Å². The summed E-state index contributed by atoms with van der Waals surface area (Å²) in [6.07, 6.45) is 0. The molecule has 13 heavy (non-hydrogen) atoms. The third-order valence-electron chi connectivity index (χ3n) is 1.46. The number of aliphatic hydroxyl groups is 1. The molecular formula is C7H11NO3S2. The van der Waals surface area contributed by atoms with Gasteiger partial charge in [-0.25, -0.2) is 13.6 Å². The first-order valence-electron chi connectivity index (χ1n) is 3.57. The smallest absolute Gasteiger partial charge is 0.247 e. The third-order valence-corrected chi connectivity index (χ3v) is 4.30. The molecular weight excluding hydrogens is 210 g/mol. The molecule has 0 saturated carbocycles. The standard InChI is InChI=1S/C7H11NO3S2/c1-7(2,9)5-3-4-6(12-5)13(8,10)11/h3-4,9H,1-2H3,(H2,8,10,11). The lowest BCUT2D eigenvalue weighted by atomic mass is 10.1. The molecule has 3 N–H and O–H groups in total. The van der Waals surface area contributed by atoms with Crippen molar-refractivity contribution in [3.63, 3.8) is 0 Å². The van der Waals surface area contributed by atoms with Crippen LogP contribution in [0.2, 0.25) is 0 Å². The Kier molecular flexibility index (Phi) is 2.50. The van der Waals surface area contributed by atoms with E-state index in [2.05, 4.69) is 0 Å². The van der Waals surface area contributed by atoms with Gasteiger partial charge in [0, 0.05) is 4.88 Å². The highest BCUT2D eigenvalue weighted by atomic mass is 32.2. The Morgan fingerprint density at radius 2 is 2.00 bits per heavy atom. The molecule has 6 heteroatoms. The first kappa shape index (κ1) is 10.6. The van der Waals surface area contributed by atoms with Gasteiger partial charge >= 0.3 is 0 Å². The number of nitrogens with two attached hydrogens (primary N) is 1. The Morgan fingerprint density at radius 3 is 2.23 bits per heavy atom. The Balaban J connectivity index is 3.16. The number of hydrogen-bond acceptors (Lipinski definition) is 4. The van der Waals surface area contributed by atoms with Gasteiger partial charge in [-0.15, -0.1) is 11.3 Å². The Morgan fingerprint density at radius 1 is 1.46 bits per heavy atom. The molecule has 0 amide bonds. The monoisotopic (exact) mass is 221 g/mol. The SMILES string of the molecule is CC(C)(O)c1ccc(S(N)(=O)=O)s1. The largest absolute Gasteiger partial charge is 0.385 e. The Labute approximate surface area is 81.1 Å². The van der Waals surface area contributed by atoms with E-state index in [1.54, 1.807) is 19.9 Å². The molecule has 0 spiro atoms. The lowest BCUT2D eigenvalue weighted by molar-refractivity contribution is 0.0825. The molecule has 0 aliphatic heterocycles.